The van der Waals surface area contributed by atoms with Crippen LogP contribution in [0.15, 0.2) is 76.9 Å². The summed E-state index contributed by atoms with van der Waals surface area (Å²) < 4.78 is 5.47. The Kier molecular flexibility index (Phi) is 12.3. The number of ether oxygens (including phenoxy) is 1. The van der Waals surface area contributed by atoms with Gasteiger partial charge < -0.3 is 36.2 Å². The number of carbonyl (C=O) groups is 2. The van der Waals surface area contributed by atoms with E-state index in [1.165, 1.54) is 5.57 Å². The van der Waals surface area contributed by atoms with Gasteiger partial charge in [-0.15, -0.1) is 0 Å². The molecule has 9 nitrogen and oxygen atoms in total. The van der Waals surface area contributed by atoms with Crippen molar-refractivity contribution in [3.05, 3.63) is 88.1 Å². The van der Waals surface area contributed by atoms with Crippen LogP contribution in [0.1, 0.15) is 109 Å². The molecule has 51 heavy (non-hydrogen) atoms. The van der Waals surface area contributed by atoms with Gasteiger partial charge >= 0.3 is 6.09 Å². The molecule has 0 saturated heterocycles. The van der Waals surface area contributed by atoms with Gasteiger partial charge in [-0.2, -0.15) is 0 Å². The molecule has 8 atom stereocenters. The summed E-state index contributed by atoms with van der Waals surface area (Å²) in [4.78, 5) is 26.3. The molecule has 9 heteroatoms. The molecule has 5 rings (SSSR count). The summed E-state index contributed by atoms with van der Waals surface area (Å²) in [5.74, 6) is -0.551. The molecule has 278 valence electrons. The van der Waals surface area contributed by atoms with Crippen molar-refractivity contribution in [3.63, 3.8) is 0 Å². The van der Waals surface area contributed by atoms with Crippen molar-refractivity contribution >= 4 is 11.9 Å². The standard InChI is InChI=1S/C42H58N2O7/c1-25(2)11-6-12-26(3)13-7-16-31-34(46)19-9-15-29-24-42(38(48)36(29)31)33(18-10-22-45)30(20-21-41(42,5)50)27(4)35(47)23-28-14-8-17-32-37(28)51-40(49)44-39(32)43/h7-8,11,13-14,16-17,29,33-34,36,38-39,45-46,48,50H,3,6,9-10,12,15,18-24,43H2,1-2,4-5H3,(H,44,49). The first-order valence-corrected chi connectivity index (χ1v) is 18.7. The van der Waals surface area contributed by atoms with Gasteiger partial charge in [-0.05, 0) is 108 Å². The first kappa shape index (κ1) is 38.9. The van der Waals surface area contributed by atoms with Crippen LogP contribution in [0, 0.1) is 23.2 Å². The number of nitrogens with two attached hydrogens (primary N) is 1. The zero-order chi connectivity index (χ0) is 37.1. The van der Waals surface area contributed by atoms with Crippen molar-refractivity contribution in [1.29, 1.82) is 0 Å². The minimum Gasteiger partial charge on any atom is -0.410 e. The van der Waals surface area contributed by atoms with E-state index in [4.69, 9.17) is 10.5 Å². The van der Waals surface area contributed by atoms with Gasteiger partial charge in [0.05, 0.1) is 17.8 Å². The summed E-state index contributed by atoms with van der Waals surface area (Å²) in [7, 11) is 0. The van der Waals surface area contributed by atoms with Crippen LogP contribution in [0.4, 0.5) is 4.79 Å². The highest BCUT2D eigenvalue weighted by Crippen LogP contribution is 2.66. The van der Waals surface area contributed by atoms with E-state index < -0.39 is 35.5 Å². The van der Waals surface area contributed by atoms with Gasteiger partial charge in [0.25, 0.3) is 0 Å². The van der Waals surface area contributed by atoms with Crippen LogP contribution in [0.3, 0.4) is 0 Å². The number of Topliss-reactive ketones (excluding diaryl/α,β-unsaturated/α-hetero) is 1. The summed E-state index contributed by atoms with van der Waals surface area (Å²) in [6.07, 6.45) is 11.2. The summed E-state index contributed by atoms with van der Waals surface area (Å²) in [5, 5.41) is 49.0. The third kappa shape index (κ3) is 7.88. The molecule has 3 fully saturated rings. The normalized spacial score (nSPS) is 33.7. The van der Waals surface area contributed by atoms with Gasteiger partial charge in [0.1, 0.15) is 11.9 Å². The van der Waals surface area contributed by atoms with Crippen molar-refractivity contribution < 1.29 is 34.8 Å². The number of benzene rings is 1. The predicted octanol–water partition coefficient (Wildman–Crippen LogP) is 6.42. The molecule has 0 radical (unpaired) electrons. The molecule has 0 aromatic heterocycles. The topological polar surface area (TPSA) is 162 Å². The van der Waals surface area contributed by atoms with E-state index in [0.29, 0.717) is 61.0 Å². The van der Waals surface area contributed by atoms with Gasteiger partial charge in [0.2, 0.25) is 0 Å². The number of para-hydroxylation sites is 1. The van der Waals surface area contributed by atoms with E-state index in [1.807, 2.05) is 32.1 Å². The number of rotatable bonds is 11. The van der Waals surface area contributed by atoms with Crippen molar-refractivity contribution in [2.75, 3.05) is 6.61 Å². The van der Waals surface area contributed by atoms with E-state index in [1.54, 1.807) is 18.2 Å². The summed E-state index contributed by atoms with van der Waals surface area (Å²) in [6.45, 7) is 11.9. The lowest BCUT2D eigenvalue weighted by molar-refractivity contribution is -0.168. The first-order valence-electron chi connectivity index (χ1n) is 18.7. The fraction of sp³-hybridized carbons (Fsp3) is 0.571. The Labute approximate surface area is 303 Å². The molecule has 7 N–H and O–H groups in total. The van der Waals surface area contributed by atoms with E-state index >= 15 is 0 Å². The average molecular weight is 703 g/mol. The number of ketones is 1. The maximum atomic E-state index is 14.1. The van der Waals surface area contributed by atoms with E-state index in [2.05, 4.69) is 31.8 Å². The third-order valence-electron chi connectivity index (χ3n) is 12.2. The highest BCUT2D eigenvalue weighted by Gasteiger charge is 2.67. The van der Waals surface area contributed by atoms with Crippen molar-refractivity contribution in [2.45, 2.75) is 122 Å². The van der Waals surface area contributed by atoms with Crippen LogP contribution in [0.5, 0.6) is 5.75 Å². The zero-order valence-corrected chi connectivity index (χ0v) is 30.8. The second kappa shape index (κ2) is 16.1. The first-order chi connectivity index (χ1) is 24.2. The molecule has 1 aromatic carbocycles. The molecule has 3 saturated carbocycles. The van der Waals surface area contributed by atoms with Gasteiger partial charge in [-0.25, -0.2) is 4.79 Å². The van der Waals surface area contributed by atoms with Crippen LogP contribution in [0.25, 0.3) is 0 Å². The molecule has 0 bridgehead atoms. The Morgan fingerprint density at radius 3 is 2.69 bits per heavy atom. The summed E-state index contributed by atoms with van der Waals surface area (Å²) in [6, 6.07) is 5.31. The SMILES string of the molecule is C=C(C=CC=C1C(O)CCCC2CC3(C(CCCO)C(=C(C)C(=O)Cc4cccc5c4OC(=O)NC5N)CCC3(C)O)C(O)C12)CCC=C(C)C. The van der Waals surface area contributed by atoms with Crippen molar-refractivity contribution in [2.24, 2.45) is 28.9 Å². The summed E-state index contributed by atoms with van der Waals surface area (Å²) in [5.41, 5.74) is 9.53. The second-order valence-corrected chi connectivity index (χ2v) is 15.7. The lowest BCUT2D eigenvalue weighted by atomic mass is 9.52. The molecular formula is C42H58N2O7. The number of hydrogen-bond acceptors (Lipinski definition) is 8. The molecule has 1 aliphatic heterocycles. The molecule has 1 aromatic rings. The largest absolute Gasteiger partial charge is 0.414 e. The highest BCUT2D eigenvalue weighted by atomic mass is 16.6. The molecule has 1 heterocycles. The van der Waals surface area contributed by atoms with Crippen LogP contribution in [-0.4, -0.2) is 56.7 Å². The monoisotopic (exact) mass is 702 g/mol. The zero-order valence-electron chi connectivity index (χ0n) is 30.8. The third-order valence-corrected chi connectivity index (χ3v) is 12.2. The van der Waals surface area contributed by atoms with Crippen LogP contribution in [-0.2, 0) is 11.2 Å². The Bertz CT molecular complexity index is 1620. The minimum atomic E-state index is -1.26. The predicted molar refractivity (Wildman–Crippen MR) is 199 cm³/mol. The molecule has 3 aliphatic carbocycles. The van der Waals surface area contributed by atoms with E-state index in [9.17, 15) is 30.0 Å². The Balaban J connectivity index is 1.50. The molecule has 1 amide bonds. The fourth-order valence-electron chi connectivity index (χ4n) is 9.56. The number of fused-ring (bicyclic) bond motifs is 2. The minimum absolute atomic E-state index is 0.00648. The highest BCUT2D eigenvalue weighted by molar-refractivity contribution is 5.97. The maximum absolute atomic E-state index is 14.1. The lowest BCUT2D eigenvalue weighted by Gasteiger charge is -2.56. The quantitative estimate of drug-likeness (QED) is 0.0875. The number of carbonyl (C=O) groups excluding carboxylic acids is 2. The Morgan fingerprint density at radius 1 is 1.20 bits per heavy atom. The van der Waals surface area contributed by atoms with Gasteiger partial charge in [-0.3, -0.25) is 4.79 Å². The number of aliphatic hydroxyl groups excluding tert-OH is 3. The number of allylic oxidation sites excluding steroid dienone is 8. The van der Waals surface area contributed by atoms with Gasteiger partial charge in [-0.1, -0.05) is 72.2 Å². The fourth-order valence-corrected chi connectivity index (χ4v) is 9.56. The Morgan fingerprint density at radius 2 is 1.96 bits per heavy atom. The molecule has 1 spiro atoms. The summed E-state index contributed by atoms with van der Waals surface area (Å²) >= 11 is 0. The smallest absolute Gasteiger partial charge is 0.410 e. The average Bonchev–Trinajstić information content (AvgIpc) is 3.26. The van der Waals surface area contributed by atoms with Crippen LogP contribution in [0.2, 0.25) is 0 Å². The number of hydrogen-bond donors (Lipinski definition) is 6. The second-order valence-electron chi connectivity index (χ2n) is 15.7. The molecule has 8 unspecified atom stereocenters. The maximum Gasteiger partial charge on any atom is 0.414 e. The van der Waals surface area contributed by atoms with Crippen LogP contribution < -0.4 is 15.8 Å². The van der Waals surface area contributed by atoms with Crippen molar-refractivity contribution in [3.8, 4) is 5.75 Å². The lowest BCUT2D eigenvalue weighted by Crippen LogP contribution is -2.59. The Hall–Kier alpha value is -3.34. The van der Waals surface area contributed by atoms with E-state index in [0.717, 1.165) is 42.4 Å². The molecular weight excluding hydrogens is 644 g/mol. The van der Waals surface area contributed by atoms with Gasteiger partial charge in [0.15, 0.2) is 5.78 Å². The van der Waals surface area contributed by atoms with Crippen LogP contribution >= 0.6 is 0 Å². The number of aliphatic hydroxyl groups is 4. The van der Waals surface area contributed by atoms with Crippen molar-refractivity contribution in [1.82, 2.24) is 5.32 Å². The van der Waals surface area contributed by atoms with E-state index in [-0.39, 0.29) is 36.6 Å². The number of amides is 1. The van der Waals surface area contributed by atoms with Gasteiger partial charge in [0, 0.05) is 35.5 Å². The molecule has 4 aliphatic rings. The number of nitrogens with one attached hydrogen (secondary N) is 1.